The Morgan fingerprint density at radius 2 is 1.94 bits per heavy atom. The summed E-state index contributed by atoms with van der Waals surface area (Å²) in [6.07, 6.45) is 4.95. The fourth-order valence-electron chi connectivity index (χ4n) is 3.30. The van der Waals surface area contributed by atoms with Gasteiger partial charge in [-0.3, -0.25) is 0 Å². The molecule has 1 aromatic rings. The maximum atomic E-state index is 6.10. The van der Waals surface area contributed by atoms with Crippen LogP contribution < -0.4 is 10.6 Å². The molecule has 0 aliphatic heterocycles. The lowest BCUT2D eigenvalue weighted by atomic mass is 9.67. The Bertz CT molecular complexity index is 355. The van der Waals surface area contributed by atoms with E-state index >= 15 is 0 Å². The van der Waals surface area contributed by atoms with E-state index in [4.69, 9.17) is 5.73 Å². The smallest absolute Gasteiger partial charge is 0.0529 e. The van der Waals surface area contributed by atoms with Gasteiger partial charge in [0, 0.05) is 18.8 Å². The number of hydrogen-bond acceptors (Lipinski definition) is 2. The third-order valence-corrected chi connectivity index (χ3v) is 4.21. The van der Waals surface area contributed by atoms with E-state index in [1.165, 1.54) is 31.4 Å². The van der Waals surface area contributed by atoms with E-state index in [1.807, 2.05) is 0 Å². The molecule has 18 heavy (non-hydrogen) atoms. The third-order valence-electron chi connectivity index (χ3n) is 4.21. The second-order valence-corrected chi connectivity index (χ2v) is 5.78. The SMILES string of the molecule is CCCCN(c1ccccc1)C1(CN)CC(C)C1. The zero-order valence-corrected chi connectivity index (χ0v) is 11.7. The first-order chi connectivity index (χ1) is 8.72. The number of para-hydroxylation sites is 1. The highest BCUT2D eigenvalue weighted by Gasteiger charge is 2.45. The summed E-state index contributed by atoms with van der Waals surface area (Å²) < 4.78 is 0. The Morgan fingerprint density at radius 1 is 1.28 bits per heavy atom. The maximum Gasteiger partial charge on any atom is 0.0529 e. The van der Waals surface area contributed by atoms with E-state index in [-0.39, 0.29) is 5.54 Å². The van der Waals surface area contributed by atoms with E-state index in [2.05, 4.69) is 49.1 Å². The summed E-state index contributed by atoms with van der Waals surface area (Å²) in [5.41, 5.74) is 7.65. The quantitative estimate of drug-likeness (QED) is 0.833. The highest BCUT2D eigenvalue weighted by molar-refractivity contribution is 5.50. The first-order valence-electron chi connectivity index (χ1n) is 7.24. The first-order valence-corrected chi connectivity index (χ1v) is 7.24. The van der Waals surface area contributed by atoms with Crippen LogP contribution in [0.2, 0.25) is 0 Å². The van der Waals surface area contributed by atoms with Crippen LogP contribution >= 0.6 is 0 Å². The van der Waals surface area contributed by atoms with Crippen LogP contribution in [-0.4, -0.2) is 18.6 Å². The van der Waals surface area contributed by atoms with Gasteiger partial charge in [0.1, 0.15) is 0 Å². The number of benzene rings is 1. The number of nitrogens with zero attached hydrogens (tertiary/aromatic N) is 1. The molecule has 0 saturated heterocycles. The fourth-order valence-corrected chi connectivity index (χ4v) is 3.30. The molecule has 2 rings (SSSR count). The van der Waals surface area contributed by atoms with Crippen molar-refractivity contribution in [3.63, 3.8) is 0 Å². The van der Waals surface area contributed by atoms with Gasteiger partial charge in [0.15, 0.2) is 0 Å². The highest BCUT2D eigenvalue weighted by Crippen LogP contribution is 2.43. The average Bonchev–Trinajstić information content (AvgIpc) is 2.37. The van der Waals surface area contributed by atoms with E-state index in [0.717, 1.165) is 19.0 Å². The van der Waals surface area contributed by atoms with Crippen molar-refractivity contribution < 1.29 is 0 Å². The largest absolute Gasteiger partial charge is 0.365 e. The van der Waals surface area contributed by atoms with E-state index in [9.17, 15) is 0 Å². The van der Waals surface area contributed by atoms with Crippen molar-refractivity contribution in [2.75, 3.05) is 18.0 Å². The summed E-state index contributed by atoms with van der Waals surface area (Å²) in [6, 6.07) is 10.8. The summed E-state index contributed by atoms with van der Waals surface area (Å²) >= 11 is 0. The summed E-state index contributed by atoms with van der Waals surface area (Å²) in [5, 5.41) is 0. The Kier molecular flexibility index (Phi) is 4.28. The standard InChI is InChI=1S/C16H26N2/c1-3-4-10-18(15-8-6-5-7-9-15)16(13-17)11-14(2)12-16/h5-9,14H,3-4,10-13,17H2,1-2H3. The minimum atomic E-state index is 0.218. The van der Waals surface area contributed by atoms with Gasteiger partial charge in [-0.15, -0.1) is 0 Å². The number of rotatable bonds is 6. The monoisotopic (exact) mass is 246 g/mol. The summed E-state index contributed by atoms with van der Waals surface area (Å²) in [6.45, 7) is 6.49. The zero-order chi connectivity index (χ0) is 13.0. The molecule has 0 unspecified atom stereocenters. The third kappa shape index (κ3) is 2.54. The molecule has 100 valence electrons. The fraction of sp³-hybridized carbons (Fsp3) is 0.625. The van der Waals surface area contributed by atoms with Gasteiger partial charge < -0.3 is 10.6 Å². The van der Waals surface area contributed by atoms with Crippen molar-refractivity contribution in [1.29, 1.82) is 0 Å². The second-order valence-electron chi connectivity index (χ2n) is 5.78. The van der Waals surface area contributed by atoms with Crippen molar-refractivity contribution in [2.24, 2.45) is 11.7 Å². The maximum absolute atomic E-state index is 6.10. The molecule has 2 heteroatoms. The van der Waals surface area contributed by atoms with Crippen LogP contribution in [0.1, 0.15) is 39.5 Å². The van der Waals surface area contributed by atoms with E-state index in [0.29, 0.717) is 0 Å². The minimum absolute atomic E-state index is 0.218. The number of nitrogens with two attached hydrogens (primary N) is 1. The molecule has 1 aromatic carbocycles. The minimum Gasteiger partial charge on any atom is -0.365 e. The van der Waals surface area contributed by atoms with Gasteiger partial charge >= 0.3 is 0 Å². The molecule has 0 radical (unpaired) electrons. The Balaban J connectivity index is 2.19. The van der Waals surface area contributed by atoms with Crippen LogP contribution in [0.15, 0.2) is 30.3 Å². The number of hydrogen-bond donors (Lipinski definition) is 1. The molecule has 2 nitrogen and oxygen atoms in total. The van der Waals surface area contributed by atoms with Gasteiger partial charge in [-0.05, 0) is 37.3 Å². The Labute approximate surface area is 111 Å². The molecular weight excluding hydrogens is 220 g/mol. The summed E-state index contributed by atoms with van der Waals surface area (Å²) in [5.74, 6) is 0.821. The Morgan fingerprint density at radius 3 is 2.44 bits per heavy atom. The van der Waals surface area contributed by atoms with Crippen LogP contribution in [0.5, 0.6) is 0 Å². The summed E-state index contributed by atoms with van der Waals surface area (Å²) in [7, 11) is 0. The van der Waals surface area contributed by atoms with Crippen LogP contribution in [-0.2, 0) is 0 Å². The van der Waals surface area contributed by atoms with Crippen molar-refractivity contribution in [2.45, 2.75) is 45.1 Å². The summed E-state index contributed by atoms with van der Waals surface area (Å²) in [4.78, 5) is 2.57. The highest BCUT2D eigenvalue weighted by atomic mass is 15.2. The Hall–Kier alpha value is -1.02. The molecule has 0 atom stereocenters. The van der Waals surface area contributed by atoms with Crippen molar-refractivity contribution in [3.05, 3.63) is 30.3 Å². The molecular formula is C16H26N2. The molecule has 1 fully saturated rings. The molecule has 1 aliphatic rings. The van der Waals surface area contributed by atoms with Gasteiger partial charge in [0.25, 0.3) is 0 Å². The van der Waals surface area contributed by atoms with Gasteiger partial charge in [0.2, 0.25) is 0 Å². The van der Waals surface area contributed by atoms with Crippen LogP contribution in [0.25, 0.3) is 0 Å². The zero-order valence-electron chi connectivity index (χ0n) is 11.7. The lowest BCUT2D eigenvalue weighted by Crippen LogP contribution is -2.62. The number of anilines is 1. The molecule has 1 aliphatic carbocycles. The molecule has 0 bridgehead atoms. The van der Waals surface area contributed by atoms with E-state index in [1.54, 1.807) is 0 Å². The van der Waals surface area contributed by atoms with E-state index < -0.39 is 0 Å². The second kappa shape index (κ2) is 5.75. The van der Waals surface area contributed by atoms with Gasteiger partial charge in [-0.2, -0.15) is 0 Å². The van der Waals surface area contributed by atoms with Gasteiger partial charge in [0.05, 0.1) is 5.54 Å². The van der Waals surface area contributed by atoms with Crippen LogP contribution in [0.4, 0.5) is 5.69 Å². The lowest BCUT2D eigenvalue weighted by molar-refractivity contribution is 0.156. The van der Waals surface area contributed by atoms with Crippen molar-refractivity contribution >= 4 is 5.69 Å². The number of unbranched alkanes of at least 4 members (excludes halogenated alkanes) is 1. The molecule has 1 saturated carbocycles. The normalized spacial score (nSPS) is 26.7. The molecule has 0 aromatic heterocycles. The van der Waals surface area contributed by atoms with Gasteiger partial charge in [-0.25, -0.2) is 0 Å². The molecule has 0 heterocycles. The predicted molar refractivity (Wildman–Crippen MR) is 78.9 cm³/mol. The first kappa shape index (κ1) is 13.4. The lowest BCUT2D eigenvalue weighted by Gasteiger charge is -2.54. The molecule has 2 N–H and O–H groups in total. The molecule has 0 spiro atoms. The average molecular weight is 246 g/mol. The predicted octanol–water partition coefficient (Wildman–Crippen LogP) is 3.42. The van der Waals surface area contributed by atoms with Gasteiger partial charge in [-0.1, -0.05) is 38.5 Å². The topological polar surface area (TPSA) is 29.3 Å². The van der Waals surface area contributed by atoms with Crippen molar-refractivity contribution in [1.82, 2.24) is 0 Å². The molecule has 0 amide bonds. The van der Waals surface area contributed by atoms with Crippen LogP contribution in [0.3, 0.4) is 0 Å². The van der Waals surface area contributed by atoms with Crippen molar-refractivity contribution in [3.8, 4) is 0 Å². The van der Waals surface area contributed by atoms with Crippen LogP contribution in [0, 0.1) is 5.92 Å².